The first-order valence-electron chi connectivity index (χ1n) is 10.6. The van der Waals surface area contributed by atoms with Gasteiger partial charge in [0.1, 0.15) is 0 Å². The number of benzene rings is 3. The fourth-order valence-electron chi connectivity index (χ4n) is 5.53. The summed E-state index contributed by atoms with van der Waals surface area (Å²) < 4.78 is 2.55. The molecule has 0 aliphatic heterocycles. The molecule has 142 valence electrons. The third-order valence-corrected chi connectivity index (χ3v) is 6.92. The molecule has 0 spiro atoms. The van der Waals surface area contributed by atoms with Crippen LogP contribution in [0.1, 0.15) is 48.2 Å². The minimum atomic E-state index is 0.0292. The molecule has 0 unspecified atom stereocenters. The zero-order chi connectivity index (χ0) is 19.8. The summed E-state index contributed by atoms with van der Waals surface area (Å²) in [7, 11) is 0. The van der Waals surface area contributed by atoms with Gasteiger partial charge in [-0.1, -0.05) is 74.0 Å². The number of hydrogen-bond donors (Lipinski definition) is 0. The standard InChI is InChI=1S/C28H25N/c1-18-15-16-25-21(17-18)19-9-5-7-13-24(19)29(25)26-14-8-12-23-27(26)20-10-4-6-11-22(20)28(23,2)3/h4-6,8-12,14-17H,7,13H2,1-3H3. The van der Waals surface area contributed by atoms with Crippen molar-refractivity contribution in [1.82, 2.24) is 4.57 Å². The maximum Gasteiger partial charge on any atom is 0.0540 e. The second-order valence-electron chi connectivity index (χ2n) is 9.03. The first kappa shape index (κ1) is 16.9. The van der Waals surface area contributed by atoms with Crippen molar-refractivity contribution < 1.29 is 0 Å². The van der Waals surface area contributed by atoms with E-state index in [0.717, 1.165) is 12.8 Å². The van der Waals surface area contributed by atoms with E-state index in [4.69, 9.17) is 0 Å². The average Bonchev–Trinajstić information content (AvgIpc) is 3.18. The van der Waals surface area contributed by atoms with E-state index in [1.54, 1.807) is 0 Å². The van der Waals surface area contributed by atoms with Crippen LogP contribution in [0.4, 0.5) is 0 Å². The summed E-state index contributed by atoms with van der Waals surface area (Å²) in [6.45, 7) is 6.91. The molecule has 2 aliphatic rings. The number of aromatic nitrogens is 1. The lowest BCUT2D eigenvalue weighted by molar-refractivity contribution is 0.660. The Morgan fingerprint density at radius 1 is 0.897 bits per heavy atom. The van der Waals surface area contributed by atoms with Crippen molar-refractivity contribution in [2.24, 2.45) is 0 Å². The van der Waals surface area contributed by atoms with E-state index in [1.165, 1.54) is 55.7 Å². The number of allylic oxidation sites excluding steroid dienone is 1. The van der Waals surface area contributed by atoms with Crippen LogP contribution < -0.4 is 0 Å². The first-order chi connectivity index (χ1) is 14.1. The van der Waals surface area contributed by atoms with Gasteiger partial charge in [0.05, 0.1) is 11.2 Å². The zero-order valence-electron chi connectivity index (χ0n) is 17.3. The molecule has 1 heteroatoms. The second kappa shape index (κ2) is 5.73. The molecule has 4 aromatic rings. The molecule has 29 heavy (non-hydrogen) atoms. The van der Waals surface area contributed by atoms with Crippen LogP contribution >= 0.6 is 0 Å². The van der Waals surface area contributed by atoms with Gasteiger partial charge in [0, 0.05) is 27.6 Å². The lowest BCUT2D eigenvalue weighted by atomic mass is 9.82. The van der Waals surface area contributed by atoms with Crippen molar-refractivity contribution in [2.45, 2.75) is 39.0 Å². The van der Waals surface area contributed by atoms with Crippen LogP contribution in [0.15, 0.2) is 66.7 Å². The SMILES string of the molecule is Cc1ccc2c(c1)c1c(n2-c2cccc3c2-c2ccccc2C3(C)C)CCC=C1. The lowest BCUT2D eigenvalue weighted by Crippen LogP contribution is -2.15. The Morgan fingerprint density at radius 2 is 1.72 bits per heavy atom. The van der Waals surface area contributed by atoms with E-state index >= 15 is 0 Å². The van der Waals surface area contributed by atoms with Gasteiger partial charge in [0.15, 0.2) is 0 Å². The maximum atomic E-state index is 2.55. The minimum absolute atomic E-state index is 0.0292. The summed E-state index contributed by atoms with van der Waals surface area (Å²) in [4.78, 5) is 0. The summed E-state index contributed by atoms with van der Waals surface area (Å²) in [5.41, 5.74) is 12.5. The van der Waals surface area contributed by atoms with E-state index < -0.39 is 0 Å². The molecule has 1 nitrogen and oxygen atoms in total. The van der Waals surface area contributed by atoms with Crippen molar-refractivity contribution >= 4 is 17.0 Å². The molecule has 0 N–H and O–H groups in total. The van der Waals surface area contributed by atoms with Gasteiger partial charge in [0.25, 0.3) is 0 Å². The van der Waals surface area contributed by atoms with E-state index in [1.807, 2.05) is 0 Å². The molecular formula is C28H25N. The Labute approximate surface area is 172 Å². The van der Waals surface area contributed by atoms with Crippen LogP contribution in [-0.2, 0) is 11.8 Å². The average molecular weight is 376 g/mol. The highest BCUT2D eigenvalue weighted by molar-refractivity contribution is 5.96. The number of aryl methyl sites for hydroxylation is 1. The smallest absolute Gasteiger partial charge is 0.0540 e. The van der Waals surface area contributed by atoms with Gasteiger partial charge in [-0.2, -0.15) is 0 Å². The van der Waals surface area contributed by atoms with Gasteiger partial charge in [0.2, 0.25) is 0 Å². The van der Waals surface area contributed by atoms with E-state index in [2.05, 4.69) is 98.2 Å². The van der Waals surface area contributed by atoms with E-state index in [0.29, 0.717) is 0 Å². The molecule has 0 radical (unpaired) electrons. The highest BCUT2D eigenvalue weighted by Crippen LogP contribution is 2.51. The molecular weight excluding hydrogens is 350 g/mol. The summed E-state index contributed by atoms with van der Waals surface area (Å²) >= 11 is 0. The summed E-state index contributed by atoms with van der Waals surface area (Å²) in [6, 6.07) is 22.7. The highest BCUT2D eigenvalue weighted by atomic mass is 15.0. The Balaban J connectivity index is 1.75. The fourth-order valence-corrected chi connectivity index (χ4v) is 5.53. The van der Waals surface area contributed by atoms with Crippen LogP contribution in [0.25, 0.3) is 33.8 Å². The number of rotatable bonds is 1. The molecule has 0 atom stereocenters. The quantitative estimate of drug-likeness (QED) is 0.331. The van der Waals surface area contributed by atoms with Crippen molar-refractivity contribution in [1.29, 1.82) is 0 Å². The molecule has 2 aliphatic carbocycles. The van der Waals surface area contributed by atoms with Gasteiger partial charge in [-0.3, -0.25) is 0 Å². The highest BCUT2D eigenvalue weighted by Gasteiger charge is 2.37. The first-order valence-corrected chi connectivity index (χ1v) is 10.6. The normalized spacial score (nSPS) is 16.0. The van der Waals surface area contributed by atoms with Crippen molar-refractivity contribution in [2.75, 3.05) is 0 Å². The number of hydrogen-bond acceptors (Lipinski definition) is 0. The lowest BCUT2D eigenvalue weighted by Gasteiger charge is -2.22. The zero-order valence-corrected chi connectivity index (χ0v) is 17.3. The van der Waals surface area contributed by atoms with Crippen molar-refractivity contribution in [3.8, 4) is 16.8 Å². The Hall–Kier alpha value is -3.06. The Morgan fingerprint density at radius 3 is 2.62 bits per heavy atom. The molecule has 0 saturated heterocycles. The topological polar surface area (TPSA) is 4.93 Å². The largest absolute Gasteiger partial charge is 0.312 e. The predicted octanol–water partition coefficient (Wildman–Crippen LogP) is 7.20. The molecule has 0 bridgehead atoms. The number of nitrogens with zero attached hydrogens (tertiary/aromatic N) is 1. The molecule has 0 fully saturated rings. The van der Waals surface area contributed by atoms with Crippen LogP contribution in [0.3, 0.4) is 0 Å². The molecule has 1 aromatic heterocycles. The molecule has 3 aromatic carbocycles. The van der Waals surface area contributed by atoms with Crippen molar-refractivity contribution in [3.63, 3.8) is 0 Å². The van der Waals surface area contributed by atoms with Crippen molar-refractivity contribution in [3.05, 3.63) is 94.7 Å². The fraction of sp³-hybridized carbons (Fsp3) is 0.214. The predicted molar refractivity (Wildman–Crippen MR) is 123 cm³/mol. The third-order valence-electron chi connectivity index (χ3n) is 6.92. The second-order valence-corrected chi connectivity index (χ2v) is 9.03. The Bertz CT molecular complexity index is 1330. The van der Waals surface area contributed by atoms with E-state index in [9.17, 15) is 0 Å². The van der Waals surface area contributed by atoms with Crippen LogP contribution in [0, 0.1) is 6.92 Å². The Kier molecular flexibility index (Phi) is 3.33. The summed E-state index contributed by atoms with van der Waals surface area (Å²) in [5.74, 6) is 0. The molecule has 1 heterocycles. The minimum Gasteiger partial charge on any atom is -0.312 e. The third kappa shape index (κ3) is 2.16. The number of fused-ring (bicyclic) bond motifs is 6. The molecule has 0 amide bonds. The van der Waals surface area contributed by atoms with Gasteiger partial charge in [-0.25, -0.2) is 0 Å². The van der Waals surface area contributed by atoms with Gasteiger partial charge in [-0.05, 0) is 54.7 Å². The van der Waals surface area contributed by atoms with Gasteiger partial charge < -0.3 is 4.57 Å². The van der Waals surface area contributed by atoms with E-state index in [-0.39, 0.29) is 5.41 Å². The molecule has 0 saturated carbocycles. The summed E-state index contributed by atoms with van der Waals surface area (Å²) in [5, 5.41) is 1.37. The molecule has 6 rings (SSSR count). The van der Waals surface area contributed by atoms with Gasteiger partial charge >= 0.3 is 0 Å². The monoisotopic (exact) mass is 375 g/mol. The maximum absolute atomic E-state index is 2.55. The van der Waals surface area contributed by atoms with Gasteiger partial charge in [-0.15, -0.1) is 0 Å². The van der Waals surface area contributed by atoms with Crippen LogP contribution in [0.5, 0.6) is 0 Å². The summed E-state index contributed by atoms with van der Waals surface area (Å²) in [6.07, 6.45) is 6.86. The van der Waals surface area contributed by atoms with Crippen LogP contribution in [0.2, 0.25) is 0 Å². The van der Waals surface area contributed by atoms with Crippen LogP contribution in [-0.4, -0.2) is 4.57 Å².